The van der Waals surface area contributed by atoms with Gasteiger partial charge in [0, 0.05) is 11.3 Å². The maximum absolute atomic E-state index is 10.1. The van der Waals surface area contributed by atoms with Crippen molar-refractivity contribution in [3.8, 4) is 5.75 Å². The molecule has 0 fully saturated rings. The van der Waals surface area contributed by atoms with Crippen LogP contribution in [0.1, 0.15) is 42.5 Å². The maximum atomic E-state index is 10.1. The molecule has 0 saturated heterocycles. The Bertz CT molecular complexity index is 563. The minimum atomic E-state index is 0.280. The lowest BCUT2D eigenvalue weighted by molar-refractivity contribution is 0.467. The molecule has 106 valence electrons. The fourth-order valence-electron chi connectivity index (χ4n) is 2.48. The van der Waals surface area contributed by atoms with Gasteiger partial charge in [-0.25, -0.2) is 0 Å². The summed E-state index contributed by atoms with van der Waals surface area (Å²) >= 11 is 0. The summed E-state index contributed by atoms with van der Waals surface area (Å²) in [6.45, 7) is 6.07. The van der Waals surface area contributed by atoms with E-state index in [1.165, 1.54) is 5.56 Å². The summed E-state index contributed by atoms with van der Waals surface area (Å²) < 4.78 is 0. The Balaban J connectivity index is 2.27. The highest BCUT2D eigenvalue weighted by Crippen LogP contribution is 2.31. The lowest BCUT2D eigenvalue weighted by Gasteiger charge is -2.22. The number of phenols is 1. The lowest BCUT2D eigenvalue weighted by atomic mass is 10.0. The summed E-state index contributed by atoms with van der Waals surface area (Å²) in [5.41, 5.74) is 4.13. The van der Waals surface area contributed by atoms with Gasteiger partial charge in [0.05, 0.1) is 6.04 Å². The van der Waals surface area contributed by atoms with Crippen molar-refractivity contribution < 1.29 is 5.11 Å². The molecule has 2 rings (SSSR count). The predicted molar refractivity (Wildman–Crippen MR) is 85.3 cm³/mol. The van der Waals surface area contributed by atoms with Gasteiger partial charge in [-0.2, -0.15) is 0 Å². The van der Waals surface area contributed by atoms with Crippen LogP contribution < -0.4 is 5.32 Å². The molecule has 0 spiro atoms. The third-order valence-electron chi connectivity index (χ3n) is 3.74. The van der Waals surface area contributed by atoms with Gasteiger partial charge in [-0.1, -0.05) is 49.7 Å². The summed E-state index contributed by atoms with van der Waals surface area (Å²) in [6, 6.07) is 14.8. The number of anilines is 1. The van der Waals surface area contributed by atoms with Crippen LogP contribution in [0.4, 0.5) is 5.69 Å². The standard InChI is InChI=1S/C18H23NO/c1-4-8-17(15-9-6-5-7-10-15)19-16-12-11-13(2)18(20)14(16)3/h5-7,9-12,17,19-20H,4,8H2,1-3H3. The number of benzene rings is 2. The molecule has 0 aromatic heterocycles. The Kier molecular flexibility index (Phi) is 4.67. The van der Waals surface area contributed by atoms with Crippen LogP contribution in [0.15, 0.2) is 42.5 Å². The van der Waals surface area contributed by atoms with Crippen LogP contribution >= 0.6 is 0 Å². The van der Waals surface area contributed by atoms with Crippen molar-refractivity contribution in [1.29, 1.82) is 0 Å². The molecule has 0 bridgehead atoms. The molecular formula is C18H23NO. The van der Waals surface area contributed by atoms with Crippen LogP contribution in [0.2, 0.25) is 0 Å². The number of hydrogen-bond acceptors (Lipinski definition) is 2. The summed E-state index contributed by atoms with van der Waals surface area (Å²) in [6.07, 6.45) is 2.18. The molecule has 20 heavy (non-hydrogen) atoms. The zero-order valence-electron chi connectivity index (χ0n) is 12.5. The zero-order chi connectivity index (χ0) is 14.5. The molecule has 2 aromatic rings. The Morgan fingerprint density at radius 1 is 1.05 bits per heavy atom. The fourth-order valence-corrected chi connectivity index (χ4v) is 2.48. The SMILES string of the molecule is CCCC(Nc1ccc(C)c(O)c1C)c1ccccc1. The molecule has 0 saturated carbocycles. The van der Waals surface area contributed by atoms with Crippen molar-refractivity contribution in [2.75, 3.05) is 5.32 Å². The van der Waals surface area contributed by atoms with E-state index in [4.69, 9.17) is 0 Å². The summed E-state index contributed by atoms with van der Waals surface area (Å²) in [7, 11) is 0. The first kappa shape index (κ1) is 14.4. The molecule has 0 aliphatic rings. The van der Waals surface area contributed by atoms with E-state index in [1.807, 2.05) is 26.0 Å². The van der Waals surface area contributed by atoms with Crippen LogP contribution in [0.3, 0.4) is 0 Å². The van der Waals surface area contributed by atoms with Crippen LogP contribution in [-0.2, 0) is 0 Å². The Morgan fingerprint density at radius 3 is 2.40 bits per heavy atom. The Morgan fingerprint density at radius 2 is 1.75 bits per heavy atom. The highest BCUT2D eigenvalue weighted by Gasteiger charge is 2.13. The number of rotatable bonds is 5. The van der Waals surface area contributed by atoms with E-state index < -0.39 is 0 Å². The molecule has 2 nitrogen and oxygen atoms in total. The van der Waals surface area contributed by atoms with Gasteiger partial charge in [-0.15, -0.1) is 0 Å². The van der Waals surface area contributed by atoms with Crippen molar-refractivity contribution in [2.24, 2.45) is 0 Å². The molecule has 0 radical (unpaired) electrons. The summed E-state index contributed by atoms with van der Waals surface area (Å²) in [5.74, 6) is 0.387. The van der Waals surface area contributed by atoms with Gasteiger partial charge in [0.15, 0.2) is 0 Å². The van der Waals surface area contributed by atoms with Gasteiger partial charge in [0.2, 0.25) is 0 Å². The summed E-state index contributed by atoms with van der Waals surface area (Å²) in [4.78, 5) is 0. The molecule has 2 N–H and O–H groups in total. The Labute approximate surface area is 121 Å². The van der Waals surface area contributed by atoms with Gasteiger partial charge in [0.25, 0.3) is 0 Å². The third-order valence-corrected chi connectivity index (χ3v) is 3.74. The zero-order valence-corrected chi connectivity index (χ0v) is 12.5. The molecule has 1 unspecified atom stereocenters. The highest BCUT2D eigenvalue weighted by atomic mass is 16.3. The van der Waals surface area contributed by atoms with E-state index in [2.05, 4.69) is 42.6 Å². The van der Waals surface area contributed by atoms with Crippen molar-refractivity contribution in [2.45, 2.75) is 39.7 Å². The van der Waals surface area contributed by atoms with E-state index in [0.717, 1.165) is 29.7 Å². The average Bonchev–Trinajstić information content (AvgIpc) is 2.48. The van der Waals surface area contributed by atoms with Crippen LogP contribution in [0, 0.1) is 13.8 Å². The monoisotopic (exact) mass is 269 g/mol. The van der Waals surface area contributed by atoms with Crippen molar-refractivity contribution in [3.63, 3.8) is 0 Å². The maximum Gasteiger partial charge on any atom is 0.123 e. The smallest absolute Gasteiger partial charge is 0.123 e. The molecule has 0 aliphatic carbocycles. The van der Waals surface area contributed by atoms with E-state index >= 15 is 0 Å². The molecule has 0 amide bonds. The minimum absolute atomic E-state index is 0.280. The largest absolute Gasteiger partial charge is 0.507 e. The number of phenolic OH excluding ortho intramolecular Hbond substituents is 1. The van der Waals surface area contributed by atoms with Crippen molar-refractivity contribution >= 4 is 5.69 Å². The molecule has 1 atom stereocenters. The van der Waals surface area contributed by atoms with Gasteiger partial charge < -0.3 is 10.4 Å². The van der Waals surface area contributed by atoms with Crippen LogP contribution in [0.25, 0.3) is 0 Å². The summed E-state index contributed by atoms with van der Waals surface area (Å²) in [5, 5.41) is 13.6. The van der Waals surface area contributed by atoms with E-state index in [0.29, 0.717) is 5.75 Å². The molecule has 0 aliphatic heterocycles. The highest BCUT2D eigenvalue weighted by molar-refractivity contribution is 5.60. The number of aryl methyl sites for hydroxylation is 1. The van der Waals surface area contributed by atoms with Gasteiger partial charge in [-0.05, 0) is 37.5 Å². The van der Waals surface area contributed by atoms with Crippen molar-refractivity contribution in [3.05, 3.63) is 59.2 Å². The van der Waals surface area contributed by atoms with Gasteiger partial charge >= 0.3 is 0 Å². The first-order chi connectivity index (χ1) is 9.63. The normalized spacial score (nSPS) is 12.2. The topological polar surface area (TPSA) is 32.3 Å². The number of nitrogens with one attached hydrogen (secondary N) is 1. The average molecular weight is 269 g/mol. The minimum Gasteiger partial charge on any atom is -0.507 e. The predicted octanol–water partition coefficient (Wildman–Crippen LogP) is 4.96. The van der Waals surface area contributed by atoms with E-state index in [-0.39, 0.29) is 6.04 Å². The van der Waals surface area contributed by atoms with E-state index in [9.17, 15) is 5.11 Å². The number of aromatic hydroxyl groups is 1. The Hall–Kier alpha value is -1.96. The molecular weight excluding hydrogens is 246 g/mol. The molecule has 0 heterocycles. The number of hydrogen-bond donors (Lipinski definition) is 2. The third kappa shape index (κ3) is 3.13. The second-order valence-corrected chi connectivity index (χ2v) is 5.30. The first-order valence-electron chi connectivity index (χ1n) is 7.24. The van der Waals surface area contributed by atoms with Crippen LogP contribution in [0.5, 0.6) is 5.75 Å². The van der Waals surface area contributed by atoms with Gasteiger partial charge in [0.1, 0.15) is 5.75 Å². The fraction of sp³-hybridized carbons (Fsp3) is 0.333. The first-order valence-corrected chi connectivity index (χ1v) is 7.24. The van der Waals surface area contributed by atoms with Crippen LogP contribution in [-0.4, -0.2) is 5.11 Å². The molecule has 2 heteroatoms. The molecule has 2 aromatic carbocycles. The lowest BCUT2D eigenvalue weighted by Crippen LogP contribution is -2.11. The quantitative estimate of drug-likeness (QED) is 0.803. The second-order valence-electron chi connectivity index (χ2n) is 5.30. The second kappa shape index (κ2) is 6.47. The van der Waals surface area contributed by atoms with Crippen molar-refractivity contribution in [1.82, 2.24) is 0 Å². The van der Waals surface area contributed by atoms with E-state index in [1.54, 1.807) is 0 Å². The van der Waals surface area contributed by atoms with Gasteiger partial charge in [-0.3, -0.25) is 0 Å².